The van der Waals surface area contributed by atoms with Crippen LogP contribution in [-0.2, 0) is 11.2 Å². The van der Waals surface area contributed by atoms with Crippen LogP contribution in [0.1, 0.15) is 5.56 Å². The first kappa shape index (κ1) is 14.5. The zero-order valence-electron chi connectivity index (χ0n) is 13.8. The molecule has 0 radical (unpaired) electrons. The smallest absolute Gasteiger partial charge is 0.246 e. The van der Waals surface area contributed by atoms with Crippen molar-refractivity contribution in [3.63, 3.8) is 0 Å². The summed E-state index contributed by atoms with van der Waals surface area (Å²) in [6.07, 6.45) is 2.83. The lowest BCUT2D eigenvalue weighted by atomic mass is 10.1. The number of aromatic nitrogens is 3. The van der Waals surface area contributed by atoms with E-state index in [-0.39, 0.29) is 0 Å². The first-order valence-corrected chi connectivity index (χ1v) is 8.58. The van der Waals surface area contributed by atoms with Crippen LogP contribution in [-0.4, -0.2) is 40.6 Å². The highest BCUT2D eigenvalue weighted by Crippen LogP contribution is 2.34. The molecule has 3 aromatic rings. The third-order valence-corrected chi connectivity index (χ3v) is 4.85. The number of nitrogens with zero attached hydrogens (tertiary/aromatic N) is 4. The van der Waals surface area contributed by atoms with Gasteiger partial charge in [-0.25, -0.2) is 4.68 Å². The van der Waals surface area contributed by atoms with Crippen LogP contribution in [0.15, 0.2) is 54.9 Å². The van der Waals surface area contributed by atoms with Crippen LogP contribution in [0.2, 0.25) is 0 Å². The number of ether oxygens (including phenoxy) is 1. The summed E-state index contributed by atoms with van der Waals surface area (Å²) in [5.74, 6) is 0.598. The molecule has 1 fully saturated rings. The van der Waals surface area contributed by atoms with Crippen molar-refractivity contribution >= 4 is 17.3 Å². The fourth-order valence-corrected chi connectivity index (χ4v) is 3.42. The first-order chi connectivity index (χ1) is 12.4. The number of hydrogen-bond acceptors (Lipinski definition) is 5. The van der Waals surface area contributed by atoms with Crippen LogP contribution in [0.3, 0.4) is 0 Å². The third kappa shape index (κ3) is 2.64. The van der Waals surface area contributed by atoms with Crippen molar-refractivity contribution in [1.29, 1.82) is 0 Å². The molecule has 0 atom stereocenters. The molecule has 0 bridgehead atoms. The summed E-state index contributed by atoms with van der Waals surface area (Å²) in [4.78, 5) is 6.83. The van der Waals surface area contributed by atoms with Crippen molar-refractivity contribution in [2.75, 3.05) is 30.0 Å². The van der Waals surface area contributed by atoms with E-state index in [9.17, 15) is 0 Å². The highest BCUT2D eigenvalue weighted by Gasteiger charge is 2.31. The van der Waals surface area contributed by atoms with Gasteiger partial charge in [0.05, 0.1) is 24.9 Å². The predicted octanol–water partition coefficient (Wildman–Crippen LogP) is 2.77. The van der Waals surface area contributed by atoms with Crippen molar-refractivity contribution < 1.29 is 4.74 Å². The molecule has 1 aromatic heterocycles. The Morgan fingerprint density at radius 2 is 1.96 bits per heavy atom. The Morgan fingerprint density at radius 3 is 2.76 bits per heavy atom. The third-order valence-electron chi connectivity index (χ3n) is 4.85. The van der Waals surface area contributed by atoms with Gasteiger partial charge in [0.2, 0.25) is 5.95 Å². The average molecular weight is 333 g/mol. The summed E-state index contributed by atoms with van der Waals surface area (Å²) < 4.78 is 7.12. The molecule has 1 saturated heterocycles. The van der Waals surface area contributed by atoms with Crippen molar-refractivity contribution in [2.24, 2.45) is 0 Å². The molecule has 0 spiro atoms. The standard InChI is InChI=1S/C19H19N5O/c1-2-4-16(5-3-1)24-13-20-19(22-24)21-15-7-6-14-8-9-23(18(14)10-15)17-11-25-12-17/h1-7,10,13,17H,8-9,11-12H2,(H,21,22). The van der Waals surface area contributed by atoms with E-state index in [1.165, 1.54) is 11.3 Å². The monoisotopic (exact) mass is 333 g/mol. The summed E-state index contributed by atoms with van der Waals surface area (Å²) in [6.45, 7) is 2.74. The molecule has 3 heterocycles. The number of rotatable bonds is 4. The topological polar surface area (TPSA) is 55.2 Å². The van der Waals surface area contributed by atoms with E-state index in [0.29, 0.717) is 12.0 Å². The highest BCUT2D eigenvalue weighted by atomic mass is 16.5. The van der Waals surface area contributed by atoms with Gasteiger partial charge in [0, 0.05) is 17.9 Å². The van der Waals surface area contributed by atoms with E-state index in [4.69, 9.17) is 4.74 Å². The molecule has 6 nitrogen and oxygen atoms in total. The Labute approximate surface area is 146 Å². The van der Waals surface area contributed by atoms with Crippen molar-refractivity contribution in [1.82, 2.24) is 14.8 Å². The number of anilines is 3. The second-order valence-corrected chi connectivity index (χ2v) is 6.45. The molecule has 2 aromatic carbocycles. The van der Waals surface area contributed by atoms with Crippen molar-refractivity contribution in [3.8, 4) is 5.69 Å². The number of benzene rings is 2. The molecule has 1 N–H and O–H groups in total. The molecule has 2 aliphatic heterocycles. The molecule has 2 aliphatic rings. The summed E-state index contributed by atoms with van der Waals surface area (Å²) in [5.41, 5.74) is 4.71. The normalized spacial score (nSPS) is 16.6. The molecule has 5 rings (SSSR count). The van der Waals surface area contributed by atoms with Gasteiger partial charge in [0.25, 0.3) is 0 Å². The Morgan fingerprint density at radius 1 is 1.08 bits per heavy atom. The van der Waals surface area contributed by atoms with E-state index in [2.05, 4.69) is 38.5 Å². The van der Waals surface area contributed by atoms with Gasteiger partial charge in [-0.15, -0.1) is 5.10 Å². The summed E-state index contributed by atoms with van der Waals surface area (Å²) in [5, 5.41) is 7.83. The average Bonchev–Trinajstić information content (AvgIpc) is 3.22. The van der Waals surface area contributed by atoms with Gasteiger partial charge in [-0.05, 0) is 36.2 Å². The minimum absolute atomic E-state index is 0.520. The van der Waals surface area contributed by atoms with Gasteiger partial charge in [-0.3, -0.25) is 0 Å². The van der Waals surface area contributed by atoms with Gasteiger partial charge in [-0.2, -0.15) is 4.98 Å². The zero-order chi connectivity index (χ0) is 16.6. The van der Waals surface area contributed by atoms with E-state index in [1.807, 2.05) is 30.3 Å². The maximum atomic E-state index is 5.35. The van der Waals surface area contributed by atoms with Crippen LogP contribution >= 0.6 is 0 Å². The molecule has 6 heteroatoms. The number of hydrogen-bond donors (Lipinski definition) is 1. The Hall–Kier alpha value is -2.86. The quantitative estimate of drug-likeness (QED) is 0.796. The SMILES string of the molecule is c1ccc(-n2cnc(Nc3ccc4c(c3)N(C3COC3)CC4)n2)cc1. The molecule has 0 unspecified atom stereocenters. The number of fused-ring (bicyclic) bond motifs is 1. The van der Waals surface area contributed by atoms with Gasteiger partial charge < -0.3 is 15.0 Å². The molecule has 0 aliphatic carbocycles. The number of nitrogens with one attached hydrogen (secondary N) is 1. The van der Waals surface area contributed by atoms with Gasteiger partial charge in [0.15, 0.2) is 0 Å². The fraction of sp³-hybridized carbons (Fsp3) is 0.263. The largest absolute Gasteiger partial charge is 0.377 e. The summed E-state index contributed by atoms with van der Waals surface area (Å²) >= 11 is 0. The molecule has 0 amide bonds. The molecule has 25 heavy (non-hydrogen) atoms. The molecule has 0 saturated carbocycles. The zero-order valence-corrected chi connectivity index (χ0v) is 13.8. The van der Waals surface area contributed by atoms with E-state index >= 15 is 0 Å². The van der Waals surface area contributed by atoms with Crippen LogP contribution in [0.25, 0.3) is 5.69 Å². The Kier molecular flexibility index (Phi) is 3.41. The first-order valence-electron chi connectivity index (χ1n) is 8.58. The molecular weight excluding hydrogens is 314 g/mol. The predicted molar refractivity (Wildman–Crippen MR) is 96.7 cm³/mol. The second kappa shape index (κ2) is 5.89. The maximum Gasteiger partial charge on any atom is 0.246 e. The van der Waals surface area contributed by atoms with Crippen LogP contribution in [0, 0.1) is 0 Å². The lowest BCUT2D eigenvalue weighted by Crippen LogP contribution is -2.48. The lowest BCUT2D eigenvalue weighted by molar-refractivity contribution is 0.00887. The van der Waals surface area contributed by atoms with Crippen LogP contribution < -0.4 is 10.2 Å². The van der Waals surface area contributed by atoms with Crippen LogP contribution in [0.5, 0.6) is 0 Å². The van der Waals surface area contributed by atoms with E-state index in [1.54, 1.807) is 11.0 Å². The minimum atomic E-state index is 0.520. The summed E-state index contributed by atoms with van der Waals surface area (Å²) in [7, 11) is 0. The Balaban J connectivity index is 1.37. The van der Waals surface area contributed by atoms with Gasteiger partial charge in [-0.1, -0.05) is 24.3 Å². The number of para-hydroxylation sites is 1. The van der Waals surface area contributed by atoms with Crippen molar-refractivity contribution in [2.45, 2.75) is 12.5 Å². The van der Waals surface area contributed by atoms with Gasteiger partial charge >= 0.3 is 0 Å². The lowest BCUT2D eigenvalue weighted by Gasteiger charge is -2.36. The minimum Gasteiger partial charge on any atom is -0.377 e. The van der Waals surface area contributed by atoms with E-state index in [0.717, 1.165) is 37.6 Å². The van der Waals surface area contributed by atoms with Crippen molar-refractivity contribution in [3.05, 3.63) is 60.4 Å². The van der Waals surface area contributed by atoms with Crippen LogP contribution in [0.4, 0.5) is 17.3 Å². The maximum absolute atomic E-state index is 5.35. The highest BCUT2D eigenvalue weighted by molar-refractivity contribution is 5.68. The summed E-state index contributed by atoms with van der Waals surface area (Å²) in [6, 6.07) is 17.0. The fourth-order valence-electron chi connectivity index (χ4n) is 3.42. The molecular formula is C19H19N5O. The Bertz CT molecular complexity index is 888. The molecule has 126 valence electrons. The second-order valence-electron chi connectivity index (χ2n) is 6.45. The van der Waals surface area contributed by atoms with Gasteiger partial charge in [0.1, 0.15) is 6.33 Å². The van der Waals surface area contributed by atoms with E-state index < -0.39 is 0 Å².